The quantitative estimate of drug-likeness (QED) is 0.698. The number of fused-ring (bicyclic) bond motifs is 1. The van der Waals surface area contributed by atoms with E-state index in [4.69, 9.17) is 5.73 Å². The topological polar surface area (TPSA) is 103 Å². The van der Waals surface area contributed by atoms with Gasteiger partial charge in [-0.25, -0.2) is 26.9 Å². The number of aryl methyl sites for hydroxylation is 2. The molecule has 2 aromatic heterocycles. The predicted octanol–water partition coefficient (Wildman–Crippen LogP) is 1.53. The lowest BCUT2D eigenvalue weighted by Crippen LogP contribution is -2.32. The van der Waals surface area contributed by atoms with Crippen LogP contribution >= 0.6 is 0 Å². The van der Waals surface area contributed by atoms with Crippen LogP contribution in [-0.4, -0.2) is 29.7 Å². The Hall–Kier alpha value is -2.43. The molecule has 0 amide bonds. The summed E-state index contributed by atoms with van der Waals surface area (Å²) in [5, 5.41) is 4.81. The molecule has 1 aromatic carbocycles. The van der Waals surface area contributed by atoms with E-state index in [0.29, 0.717) is 22.8 Å². The number of hydrogen-bond donors (Lipinski definition) is 2. The van der Waals surface area contributed by atoms with Crippen LogP contribution in [0.5, 0.6) is 0 Å². The Morgan fingerprint density at radius 3 is 2.73 bits per heavy atom. The van der Waals surface area contributed by atoms with Crippen molar-refractivity contribution in [2.75, 3.05) is 6.54 Å². The predicted molar refractivity (Wildman–Crippen MR) is 91.7 cm³/mol. The van der Waals surface area contributed by atoms with Gasteiger partial charge in [0.05, 0.1) is 5.69 Å². The minimum Gasteiger partial charge on any atom is -0.323 e. The summed E-state index contributed by atoms with van der Waals surface area (Å²) >= 11 is 0. The third kappa shape index (κ3) is 3.43. The second-order valence-corrected chi connectivity index (χ2v) is 7.64. The van der Waals surface area contributed by atoms with Gasteiger partial charge >= 0.3 is 0 Å². The van der Waals surface area contributed by atoms with E-state index in [-0.39, 0.29) is 17.0 Å². The van der Waals surface area contributed by atoms with Crippen molar-refractivity contribution in [1.29, 1.82) is 0 Å². The number of aromatic nitrogens is 3. The number of nitrogens with zero attached hydrogens (tertiary/aromatic N) is 3. The summed E-state index contributed by atoms with van der Waals surface area (Å²) in [5.41, 5.74) is 7.06. The van der Waals surface area contributed by atoms with Crippen molar-refractivity contribution in [3.8, 4) is 0 Å². The van der Waals surface area contributed by atoms with Gasteiger partial charge in [0.2, 0.25) is 10.0 Å². The highest BCUT2D eigenvalue weighted by Crippen LogP contribution is 2.20. The van der Waals surface area contributed by atoms with Gasteiger partial charge in [-0.3, -0.25) is 4.68 Å². The van der Waals surface area contributed by atoms with Gasteiger partial charge in [0.1, 0.15) is 16.5 Å². The van der Waals surface area contributed by atoms with E-state index < -0.39 is 27.7 Å². The number of nitrogens with two attached hydrogens (primary N) is 1. The number of benzene rings is 1. The molecule has 0 aliphatic rings. The normalized spacial score (nSPS) is 13.3. The van der Waals surface area contributed by atoms with Gasteiger partial charge in [0.25, 0.3) is 0 Å². The van der Waals surface area contributed by atoms with Gasteiger partial charge in [0.15, 0.2) is 5.65 Å². The van der Waals surface area contributed by atoms with Crippen molar-refractivity contribution >= 4 is 21.1 Å². The molecule has 3 aromatic rings. The van der Waals surface area contributed by atoms with Crippen LogP contribution in [0.15, 0.2) is 35.4 Å². The van der Waals surface area contributed by atoms with Gasteiger partial charge in [0, 0.05) is 42.8 Å². The van der Waals surface area contributed by atoms with E-state index in [1.54, 1.807) is 18.7 Å². The maximum atomic E-state index is 13.7. The molecular formula is C16H17F2N5O2S. The molecular weight excluding hydrogens is 364 g/mol. The molecule has 7 nitrogen and oxygen atoms in total. The van der Waals surface area contributed by atoms with Crippen molar-refractivity contribution in [2.45, 2.75) is 17.9 Å². The number of halogens is 2. The average Bonchev–Trinajstić information content (AvgIpc) is 2.87. The molecule has 0 bridgehead atoms. The van der Waals surface area contributed by atoms with Gasteiger partial charge in [-0.15, -0.1) is 0 Å². The van der Waals surface area contributed by atoms with Crippen molar-refractivity contribution in [3.05, 3.63) is 53.4 Å². The molecule has 3 N–H and O–H groups in total. The molecule has 1 atom stereocenters. The molecule has 0 aliphatic heterocycles. The second kappa shape index (κ2) is 6.71. The smallest absolute Gasteiger partial charge is 0.242 e. The average molecular weight is 381 g/mol. The summed E-state index contributed by atoms with van der Waals surface area (Å²) in [4.78, 5) is 4.08. The van der Waals surface area contributed by atoms with Crippen LogP contribution in [0.1, 0.15) is 17.3 Å². The number of hydrogen-bond acceptors (Lipinski definition) is 5. The standard InChI is InChI=1S/C16H17F2N5O2S/c1-9-13-6-11(7-20-16(13)23(2)22-9)26(24,25)21-8-15(19)12-4-3-10(17)5-14(12)18/h3-7,15,21H,8,19H2,1-2H3. The van der Waals surface area contributed by atoms with Crippen molar-refractivity contribution < 1.29 is 17.2 Å². The molecule has 0 radical (unpaired) electrons. The first-order valence-electron chi connectivity index (χ1n) is 7.68. The summed E-state index contributed by atoms with van der Waals surface area (Å²) in [6, 6.07) is 3.46. The van der Waals surface area contributed by atoms with Crippen LogP contribution < -0.4 is 10.5 Å². The highest BCUT2D eigenvalue weighted by molar-refractivity contribution is 7.89. The molecule has 0 saturated heterocycles. The van der Waals surface area contributed by atoms with Gasteiger partial charge in [-0.2, -0.15) is 5.10 Å². The Labute approximate surface area is 148 Å². The van der Waals surface area contributed by atoms with Crippen LogP contribution in [0.3, 0.4) is 0 Å². The minimum absolute atomic E-state index is 0.0192. The molecule has 3 rings (SSSR count). The zero-order chi connectivity index (χ0) is 19.1. The first kappa shape index (κ1) is 18.4. The zero-order valence-electron chi connectivity index (χ0n) is 14.1. The van der Waals surface area contributed by atoms with E-state index in [1.807, 2.05) is 0 Å². The Balaban J connectivity index is 1.81. The molecule has 0 fully saturated rings. The summed E-state index contributed by atoms with van der Waals surface area (Å²) in [7, 11) is -2.20. The van der Waals surface area contributed by atoms with Gasteiger partial charge in [-0.1, -0.05) is 6.07 Å². The zero-order valence-corrected chi connectivity index (χ0v) is 14.9. The Kier molecular flexibility index (Phi) is 4.74. The molecule has 0 spiro atoms. The minimum atomic E-state index is -3.91. The summed E-state index contributed by atoms with van der Waals surface area (Å²) in [6.07, 6.45) is 1.22. The van der Waals surface area contributed by atoms with Gasteiger partial charge in [-0.05, 0) is 19.1 Å². The first-order chi connectivity index (χ1) is 12.2. The molecule has 138 valence electrons. The van der Waals surface area contributed by atoms with Crippen molar-refractivity contribution in [1.82, 2.24) is 19.5 Å². The van der Waals surface area contributed by atoms with Crippen LogP contribution in [0.2, 0.25) is 0 Å². The third-order valence-corrected chi connectivity index (χ3v) is 5.39. The maximum Gasteiger partial charge on any atom is 0.242 e. The molecule has 2 heterocycles. The summed E-state index contributed by atoms with van der Waals surface area (Å²) in [5.74, 6) is -1.56. The number of pyridine rings is 1. The van der Waals surface area contributed by atoms with E-state index in [0.717, 1.165) is 6.07 Å². The van der Waals surface area contributed by atoms with Crippen LogP contribution in [0, 0.1) is 18.6 Å². The molecule has 1 unspecified atom stereocenters. The summed E-state index contributed by atoms with van der Waals surface area (Å²) < 4.78 is 55.6. The SMILES string of the molecule is Cc1nn(C)c2ncc(S(=O)(=O)NCC(N)c3ccc(F)cc3F)cc12. The molecule has 26 heavy (non-hydrogen) atoms. The lowest BCUT2D eigenvalue weighted by Gasteiger charge is -2.14. The Morgan fingerprint density at radius 2 is 2.04 bits per heavy atom. The number of rotatable bonds is 5. The van der Waals surface area contributed by atoms with Crippen LogP contribution in [0.25, 0.3) is 11.0 Å². The van der Waals surface area contributed by atoms with Crippen molar-refractivity contribution in [2.24, 2.45) is 12.8 Å². The van der Waals surface area contributed by atoms with E-state index in [2.05, 4.69) is 14.8 Å². The fourth-order valence-corrected chi connectivity index (χ4v) is 3.66. The molecule has 0 aliphatic carbocycles. The second-order valence-electron chi connectivity index (χ2n) is 5.88. The lowest BCUT2D eigenvalue weighted by molar-refractivity contribution is 0.543. The van der Waals surface area contributed by atoms with Crippen molar-refractivity contribution in [3.63, 3.8) is 0 Å². The monoisotopic (exact) mass is 381 g/mol. The highest BCUT2D eigenvalue weighted by Gasteiger charge is 2.20. The van der Waals surface area contributed by atoms with Gasteiger partial charge < -0.3 is 5.73 Å². The largest absolute Gasteiger partial charge is 0.323 e. The number of sulfonamides is 1. The highest BCUT2D eigenvalue weighted by atomic mass is 32.2. The summed E-state index contributed by atoms with van der Waals surface area (Å²) in [6.45, 7) is 1.50. The Morgan fingerprint density at radius 1 is 1.31 bits per heavy atom. The van der Waals surface area contributed by atoms with Crippen LogP contribution in [-0.2, 0) is 17.1 Å². The Bertz CT molecular complexity index is 1080. The molecule has 0 saturated carbocycles. The first-order valence-corrected chi connectivity index (χ1v) is 9.17. The maximum absolute atomic E-state index is 13.7. The molecule has 10 heteroatoms. The van der Waals surface area contributed by atoms with Crippen LogP contribution in [0.4, 0.5) is 8.78 Å². The number of nitrogens with one attached hydrogen (secondary N) is 1. The fourth-order valence-electron chi connectivity index (χ4n) is 2.63. The van der Waals surface area contributed by atoms with E-state index in [1.165, 1.54) is 18.3 Å². The van der Waals surface area contributed by atoms with E-state index in [9.17, 15) is 17.2 Å². The third-order valence-electron chi connectivity index (χ3n) is 4.00. The van der Waals surface area contributed by atoms with E-state index >= 15 is 0 Å². The fraction of sp³-hybridized carbons (Fsp3) is 0.250. The lowest BCUT2D eigenvalue weighted by atomic mass is 10.1.